The van der Waals surface area contributed by atoms with E-state index in [9.17, 15) is 18.0 Å². The number of rotatable bonds is 4. The summed E-state index contributed by atoms with van der Waals surface area (Å²) in [5, 5.41) is 9.05. The molecule has 0 spiro atoms. The van der Waals surface area contributed by atoms with Gasteiger partial charge in [-0.05, 0) is 25.6 Å². The summed E-state index contributed by atoms with van der Waals surface area (Å²) in [4.78, 5) is 17.6. The van der Waals surface area contributed by atoms with Gasteiger partial charge in [0, 0.05) is 25.4 Å². The van der Waals surface area contributed by atoms with Crippen molar-refractivity contribution in [3.63, 3.8) is 0 Å². The smallest absolute Gasteiger partial charge is 0.382 e. The van der Waals surface area contributed by atoms with E-state index in [1.165, 1.54) is 22.4 Å². The van der Waals surface area contributed by atoms with E-state index in [0.29, 0.717) is 11.3 Å². The van der Waals surface area contributed by atoms with Gasteiger partial charge in [-0.15, -0.1) is 0 Å². The molecule has 0 fully saturated rings. The van der Waals surface area contributed by atoms with Crippen molar-refractivity contribution >= 4 is 5.65 Å². The van der Waals surface area contributed by atoms with E-state index >= 15 is 0 Å². The molecule has 0 aromatic carbocycles. The van der Waals surface area contributed by atoms with Crippen LogP contribution >= 0.6 is 0 Å². The number of hydrogen-bond acceptors (Lipinski definition) is 4. The summed E-state index contributed by atoms with van der Waals surface area (Å²) >= 11 is 0. The van der Waals surface area contributed by atoms with Gasteiger partial charge in [-0.25, -0.2) is 4.98 Å². The molecule has 1 atom stereocenters. The highest BCUT2D eigenvalue weighted by Crippen LogP contribution is 2.20. The largest absolute Gasteiger partial charge is 0.415 e. The second kappa shape index (κ2) is 6.05. The molecule has 0 saturated carbocycles. The quantitative estimate of drug-likeness (QED) is 0.925. The Morgan fingerprint density at radius 3 is 2.77 bits per heavy atom. The first-order valence-corrected chi connectivity index (χ1v) is 6.59. The van der Waals surface area contributed by atoms with E-state index in [0.717, 1.165) is 5.56 Å². The van der Waals surface area contributed by atoms with Gasteiger partial charge in [0.05, 0.1) is 5.69 Å². The number of aryl methyl sites for hydroxylation is 1. The Labute approximate surface area is 124 Å². The summed E-state index contributed by atoms with van der Waals surface area (Å²) in [5.74, 6) is 0. The number of halogens is 3. The number of nitrogens with zero attached hydrogens (tertiary/aromatic N) is 3. The maximum atomic E-state index is 12.3. The number of fused-ring (bicyclic) bond motifs is 1. The topological polar surface area (TPSA) is 57.8 Å². The second-order valence-electron chi connectivity index (χ2n) is 5.22. The van der Waals surface area contributed by atoms with E-state index in [2.05, 4.69) is 4.98 Å². The maximum Gasteiger partial charge on any atom is 0.415 e. The van der Waals surface area contributed by atoms with Crippen molar-refractivity contribution in [3.05, 3.63) is 46.0 Å². The molecule has 2 aromatic rings. The summed E-state index contributed by atoms with van der Waals surface area (Å²) in [7, 11) is 1.43. The summed E-state index contributed by atoms with van der Waals surface area (Å²) in [6, 6.07) is 4.79. The van der Waals surface area contributed by atoms with Gasteiger partial charge in [0.15, 0.2) is 6.10 Å². The van der Waals surface area contributed by atoms with Crippen LogP contribution in [-0.2, 0) is 6.54 Å². The van der Waals surface area contributed by atoms with Gasteiger partial charge < -0.3 is 5.11 Å². The number of alkyl halides is 3. The van der Waals surface area contributed by atoms with Crippen LogP contribution in [0.25, 0.3) is 5.65 Å². The van der Waals surface area contributed by atoms with Gasteiger partial charge >= 0.3 is 6.18 Å². The van der Waals surface area contributed by atoms with E-state index in [4.69, 9.17) is 5.11 Å². The van der Waals surface area contributed by atoms with Crippen molar-refractivity contribution < 1.29 is 18.3 Å². The summed E-state index contributed by atoms with van der Waals surface area (Å²) in [6.45, 7) is 1.24. The molecular formula is C14H16F3N3O2. The molecule has 0 radical (unpaired) electrons. The van der Waals surface area contributed by atoms with Crippen LogP contribution < -0.4 is 5.56 Å². The molecule has 8 heteroatoms. The monoisotopic (exact) mass is 315 g/mol. The molecule has 0 aliphatic carbocycles. The fraction of sp³-hybridized carbons (Fsp3) is 0.429. The van der Waals surface area contributed by atoms with Crippen LogP contribution in [0.3, 0.4) is 0 Å². The van der Waals surface area contributed by atoms with Crippen molar-refractivity contribution in [1.82, 2.24) is 14.3 Å². The molecule has 2 aromatic heterocycles. The third kappa shape index (κ3) is 3.63. The van der Waals surface area contributed by atoms with Gasteiger partial charge in [0.25, 0.3) is 5.56 Å². The molecule has 0 amide bonds. The molecule has 2 heterocycles. The Balaban J connectivity index is 2.22. The molecule has 0 aliphatic rings. The number of aliphatic hydroxyl groups excluding tert-OH is 1. The van der Waals surface area contributed by atoms with Crippen molar-refractivity contribution in [3.8, 4) is 0 Å². The highest BCUT2D eigenvalue weighted by molar-refractivity contribution is 5.46. The lowest BCUT2D eigenvalue weighted by molar-refractivity contribution is -0.207. The number of hydrogen-bond donors (Lipinski definition) is 1. The van der Waals surface area contributed by atoms with Gasteiger partial charge in [-0.2, -0.15) is 13.2 Å². The molecule has 1 N–H and O–H groups in total. The lowest BCUT2D eigenvalue weighted by Crippen LogP contribution is -2.39. The second-order valence-corrected chi connectivity index (χ2v) is 5.22. The molecular weight excluding hydrogens is 299 g/mol. The normalized spacial score (nSPS) is 13.8. The third-order valence-electron chi connectivity index (χ3n) is 3.23. The molecule has 120 valence electrons. The Kier molecular flexibility index (Phi) is 4.52. The lowest BCUT2D eigenvalue weighted by Gasteiger charge is -2.22. The highest BCUT2D eigenvalue weighted by atomic mass is 19.4. The van der Waals surface area contributed by atoms with Crippen LogP contribution in [0.2, 0.25) is 0 Å². The molecule has 5 nitrogen and oxygen atoms in total. The average Bonchev–Trinajstić information content (AvgIpc) is 2.39. The minimum Gasteiger partial charge on any atom is -0.382 e. The lowest BCUT2D eigenvalue weighted by atomic mass is 10.2. The standard InChI is InChI=1S/C14H16F3N3O2/c1-9-4-3-5-20-12(22)6-10(18-13(9)20)7-19(2)8-11(21)14(15,16)17/h3-6,11,21H,7-8H2,1-2H3. The van der Waals surface area contributed by atoms with Crippen LogP contribution in [0.1, 0.15) is 11.3 Å². The SMILES string of the molecule is Cc1cccn2c(=O)cc(CN(C)CC(O)C(F)(F)F)nc12. The minimum atomic E-state index is -4.67. The van der Waals surface area contributed by atoms with Gasteiger partial charge in [0.1, 0.15) is 5.65 Å². The first-order valence-electron chi connectivity index (χ1n) is 6.59. The number of likely N-dealkylation sites (N-methyl/N-ethyl adjacent to an activating group) is 1. The van der Waals surface area contributed by atoms with E-state index in [1.54, 1.807) is 25.3 Å². The van der Waals surface area contributed by atoms with E-state index in [-0.39, 0.29) is 12.1 Å². The highest BCUT2D eigenvalue weighted by Gasteiger charge is 2.38. The van der Waals surface area contributed by atoms with Gasteiger partial charge in [0.2, 0.25) is 0 Å². The molecule has 2 rings (SSSR count). The number of aromatic nitrogens is 2. The summed E-state index contributed by atoms with van der Waals surface area (Å²) < 4.78 is 38.4. The summed E-state index contributed by atoms with van der Waals surface area (Å²) in [6.07, 6.45) is -5.51. The Hall–Kier alpha value is -1.93. The Morgan fingerprint density at radius 2 is 2.14 bits per heavy atom. The number of pyridine rings is 1. The maximum absolute atomic E-state index is 12.3. The first-order chi connectivity index (χ1) is 10.2. The molecule has 22 heavy (non-hydrogen) atoms. The zero-order chi connectivity index (χ0) is 16.5. The molecule has 1 unspecified atom stereocenters. The predicted molar refractivity (Wildman–Crippen MR) is 74.6 cm³/mol. The fourth-order valence-electron chi connectivity index (χ4n) is 2.13. The first kappa shape index (κ1) is 16.4. The Morgan fingerprint density at radius 1 is 1.45 bits per heavy atom. The van der Waals surface area contributed by atoms with Crippen LogP contribution in [-0.4, -0.2) is 45.3 Å². The average molecular weight is 315 g/mol. The molecule has 0 aliphatic heterocycles. The minimum absolute atomic E-state index is 0.0349. The van der Waals surface area contributed by atoms with Crippen molar-refractivity contribution in [1.29, 1.82) is 0 Å². The third-order valence-corrected chi connectivity index (χ3v) is 3.23. The zero-order valence-electron chi connectivity index (χ0n) is 12.1. The van der Waals surface area contributed by atoms with Crippen LogP contribution in [0.4, 0.5) is 13.2 Å². The van der Waals surface area contributed by atoms with Crippen LogP contribution in [0.15, 0.2) is 29.2 Å². The van der Waals surface area contributed by atoms with Crippen LogP contribution in [0.5, 0.6) is 0 Å². The summed E-state index contributed by atoms with van der Waals surface area (Å²) in [5.41, 5.74) is 1.32. The molecule has 0 bridgehead atoms. The van der Waals surface area contributed by atoms with Crippen LogP contribution in [0, 0.1) is 6.92 Å². The number of aliphatic hydroxyl groups is 1. The van der Waals surface area contributed by atoms with Gasteiger partial charge in [-0.1, -0.05) is 6.07 Å². The van der Waals surface area contributed by atoms with Crippen molar-refractivity contribution in [2.75, 3.05) is 13.6 Å². The Bertz CT molecular complexity index is 727. The zero-order valence-corrected chi connectivity index (χ0v) is 12.1. The molecule has 0 saturated heterocycles. The van der Waals surface area contributed by atoms with E-state index in [1.807, 2.05) is 0 Å². The van der Waals surface area contributed by atoms with Crippen molar-refractivity contribution in [2.24, 2.45) is 0 Å². The van der Waals surface area contributed by atoms with Gasteiger partial charge in [-0.3, -0.25) is 14.1 Å². The fourth-order valence-corrected chi connectivity index (χ4v) is 2.13. The van der Waals surface area contributed by atoms with Crippen molar-refractivity contribution in [2.45, 2.75) is 25.7 Å². The van der Waals surface area contributed by atoms with E-state index < -0.39 is 18.8 Å². The predicted octanol–water partition coefficient (Wildman–Crippen LogP) is 1.36.